The molecule has 0 saturated carbocycles. The molecular formula is C19H20INO3. The summed E-state index contributed by atoms with van der Waals surface area (Å²) in [7, 11) is 3.18. The number of likely N-dealkylation sites (tertiary alicyclic amines) is 1. The van der Waals surface area contributed by atoms with E-state index in [0.717, 1.165) is 19.4 Å². The topological polar surface area (TPSA) is 38.8 Å². The van der Waals surface area contributed by atoms with Gasteiger partial charge in [0.2, 0.25) is 0 Å². The van der Waals surface area contributed by atoms with Crippen LogP contribution in [0.3, 0.4) is 0 Å². The van der Waals surface area contributed by atoms with Crippen LogP contribution in [0.1, 0.15) is 34.8 Å². The summed E-state index contributed by atoms with van der Waals surface area (Å²) in [6.45, 7) is 0.760. The number of hydrogen-bond donors (Lipinski definition) is 0. The number of halogens is 1. The third-order valence-corrected chi connectivity index (χ3v) is 5.12. The molecule has 2 aromatic carbocycles. The third-order valence-electron chi connectivity index (χ3n) is 4.41. The van der Waals surface area contributed by atoms with E-state index < -0.39 is 0 Å². The van der Waals surface area contributed by atoms with Crippen molar-refractivity contribution in [3.05, 3.63) is 57.2 Å². The Morgan fingerprint density at radius 2 is 1.88 bits per heavy atom. The van der Waals surface area contributed by atoms with Crippen LogP contribution in [0.4, 0.5) is 0 Å². The molecule has 0 aromatic heterocycles. The van der Waals surface area contributed by atoms with Gasteiger partial charge in [0.25, 0.3) is 5.91 Å². The molecule has 1 fully saturated rings. The summed E-state index contributed by atoms with van der Waals surface area (Å²) < 4.78 is 11.8. The van der Waals surface area contributed by atoms with Gasteiger partial charge in [0.05, 0.1) is 25.8 Å². The van der Waals surface area contributed by atoms with E-state index in [-0.39, 0.29) is 11.9 Å². The standard InChI is InChI=1S/C19H20INO3/c1-23-15-9-10-18(24-2)16(12-15)19(22)21-11-3-4-17(21)13-5-7-14(20)8-6-13/h5-10,12,17H,3-4,11H2,1-2H3/t17-/m0/s1. The van der Waals surface area contributed by atoms with E-state index >= 15 is 0 Å². The van der Waals surface area contributed by atoms with Crippen LogP contribution in [-0.2, 0) is 0 Å². The van der Waals surface area contributed by atoms with Gasteiger partial charge in [-0.25, -0.2) is 0 Å². The third kappa shape index (κ3) is 3.36. The second-order valence-corrected chi connectivity index (χ2v) is 7.02. The quantitative estimate of drug-likeness (QED) is 0.671. The van der Waals surface area contributed by atoms with Gasteiger partial charge in [-0.05, 0) is 71.3 Å². The molecule has 1 aliphatic heterocycles. The summed E-state index contributed by atoms with van der Waals surface area (Å²) in [6.07, 6.45) is 1.99. The lowest BCUT2D eigenvalue weighted by Crippen LogP contribution is -2.30. The van der Waals surface area contributed by atoms with Crippen molar-refractivity contribution in [2.75, 3.05) is 20.8 Å². The molecule has 5 heteroatoms. The molecular weight excluding hydrogens is 417 g/mol. The highest BCUT2D eigenvalue weighted by atomic mass is 127. The fourth-order valence-electron chi connectivity index (χ4n) is 3.18. The Hall–Kier alpha value is -1.76. The number of carbonyl (C=O) groups excluding carboxylic acids is 1. The number of methoxy groups -OCH3 is 2. The van der Waals surface area contributed by atoms with E-state index in [1.165, 1.54) is 9.13 Å². The minimum atomic E-state index is -0.00759. The predicted octanol–water partition coefficient (Wildman–Crippen LogP) is 4.29. The van der Waals surface area contributed by atoms with Crippen molar-refractivity contribution in [2.45, 2.75) is 18.9 Å². The molecule has 3 rings (SSSR count). The van der Waals surface area contributed by atoms with Gasteiger partial charge in [-0.2, -0.15) is 0 Å². The molecule has 1 atom stereocenters. The molecule has 1 amide bonds. The number of carbonyl (C=O) groups is 1. The van der Waals surface area contributed by atoms with Crippen molar-refractivity contribution < 1.29 is 14.3 Å². The highest BCUT2D eigenvalue weighted by molar-refractivity contribution is 14.1. The lowest BCUT2D eigenvalue weighted by atomic mass is 10.0. The number of rotatable bonds is 4. The molecule has 1 saturated heterocycles. The van der Waals surface area contributed by atoms with E-state index in [1.54, 1.807) is 32.4 Å². The van der Waals surface area contributed by atoms with Crippen molar-refractivity contribution in [1.82, 2.24) is 4.90 Å². The van der Waals surface area contributed by atoms with E-state index in [2.05, 4.69) is 46.9 Å². The number of hydrogen-bond acceptors (Lipinski definition) is 3. The van der Waals surface area contributed by atoms with E-state index in [9.17, 15) is 4.79 Å². The van der Waals surface area contributed by atoms with E-state index in [0.29, 0.717) is 17.1 Å². The van der Waals surface area contributed by atoms with Crippen LogP contribution < -0.4 is 9.47 Å². The zero-order chi connectivity index (χ0) is 17.1. The first-order valence-corrected chi connectivity index (χ1v) is 9.00. The highest BCUT2D eigenvalue weighted by Gasteiger charge is 2.32. The zero-order valence-corrected chi connectivity index (χ0v) is 15.9. The molecule has 0 spiro atoms. The molecule has 0 bridgehead atoms. The van der Waals surface area contributed by atoms with Crippen LogP contribution in [0.15, 0.2) is 42.5 Å². The zero-order valence-electron chi connectivity index (χ0n) is 13.8. The summed E-state index contributed by atoms with van der Waals surface area (Å²) in [5.74, 6) is 1.23. The number of nitrogens with zero attached hydrogens (tertiary/aromatic N) is 1. The van der Waals surface area contributed by atoms with Crippen LogP contribution in [0.2, 0.25) is 0 Å². The van der Waals surface area contributed by atoms with Gasteiger partial charge < -0.3 is 14.4 Å². The molecule has 4 nitrogen and oxygen atoms in total. The molecule has 1 aliphatic rings. The Morgan fingerprint density at radius 3 is 2.54 bits per heavy atom. The van der Waals surface area contributed by atoms with Crippen LogP contribution in [0.25, 0.3) is 0 Å². The van der Waals surface area contributed by atoms with Gasteiger partial charge in [0.15, 0.2) is 0 Å². The average Bonchev–Trinajstić information content (AvgIpc) is 3.10. The second-order valence-electron chi connectivity index (χ2n) is 5.77. The SMILES string of the molecule is COc1ccc(OC)c(C(=O)N2CCC[C@H]2c2ccc(I)cc2)c1. The number of amides is 1. The maximum absolute atomic E-state index is 13.1. The molecule has 1 heterocycles. The summed E-state index contributed by atoms with van der Waals surface area (Å²) in [5.41, 5.74) is 1.73. The normalized spacial score (nSPS) is 17.0. The van der Waals surface area contributed by atoms with Crippen LogP contribution in [-0.4, -0.2) is 31.6 Å². The Kier molecular flexibility index (Phi) is 5.28. The van der Waals surface area contributed by atoms with Crippen LogP contribution in [0.5, 0.6) is 11.5 Å². The van der Waals surface area contributed by atoms with Crippen LogP contribution in [0, 0.1) is 3.57 Å². The maximum Gasteiger partial charge on any atom is 0.258 e. The lowest BCUT2D eigenvalue weighted by molar-refractivity contribution is 0.0732. The fourth-order valence-corrected chi connectivity index (χ4v) is 3.54. The fraction of sp³-hybridized carbons (Fsp3) is 0.316. The van der Waals surface area contributed by atoms with Crippen molar-refractivity contribution in [3.8, 4) is 11.5 Å². The van der Waals surface area contributed by atoms with Gasteiger partial charge >= 0.3 is 0 Å². The minimum Gasteiger partial charge on any atom is -0.497 e. The summed E-state index contributed by atoms with van der Waals surface area (Å²) in [5, 5.41) is 0. The molecule has 126 valence electrons. The van der Waals surface area contributed by atoms with Gasteiger partial charge in [0.1, 0.15) is 11.5 Å². The first kappa shape index (κ1) is 17.1. The largest absolute Gasteiger partial charge is 0.497 e. The van der Waals surface area contributed by atoms with Crippen molar-refractivity contribution in [1.29, 1.82) is 0 Å². The molecule has 0 unspecified atom stereocenters. The molecule has 0 aliphatic carbocycles. The summed E-state index contributed by atoms with van der Waals surface area (Å²) >= 11 is 2.29. The molecule has 24 heavy (non-hydrogen) atoms. The Morgan fingerprint density at radius 1 is 1.12 bits per heavy atom. The predicted molar refractivity (Wildman–Crippen MR) is 102 cm³/mol. The Bertz CT molecular complexity index is 730. The van der Waals surface area contributed by atoms with Crippen molar-refractivity contribution in [3.63, 3.8) is 0 Å². The average molecular weight is 437 g/mol. The van der Waals surface area contributed by atoms with E-state index in [4.69, 9.17) is 9.47 Å². The highest BCUT2D eigenvalue weighted by Crippen LogP contribution is 2.35. The molecule has 2 aromatic rings. The maximum atomic E-state index is 13.1. The first-order valence-electron chi connectivity index (χ1n) is 7.92. The molecule has 0 radical (unpaired) electrons. The summed E-state index contributed by atoms with van der Waals surface area (Å²) in [6, 6.07) is 13.8. The minimum absolute atomic E-state index is 0.00759. The van der Waals surface area contributed by atoms with Crippen LogP contribution >= 0.6 is 22.6 Å². The monoisotopic (exact) mass is 437 g/mol. The smallest absolute Gasteiger partial charge is 0.258 e. The van der Waals surface area contributed by atoms with Gasteiger partial charge in [-0.3, -0.25) is 4.79 Å². The summed E-state index contributed by atoms with van der Waals surface area (Å²) in [4.78, 5) is 15.1. The van der Waals surface area contributed by atoms with Gasteiger partial charge in [-0.15, -0.1) is 0 Å². The Balaban J connectivity index is 1.92. The second kappa shape index (κ2) is 7.42. The first-order chi connectivity index (χ1) is 11.6. The van der Waals surface area contributed by atoms with Crippen molar-refractivity contribution >= 4 is 28.5 Å². The van der Waals surface area contributed by atoms with Crippen molar-refractivity contribution in [2.24, 2.45) is 0 Å². The number of ether oxygens (including phenoxy) is 2. The van der Waals surface area contributed by atoms with E-state index in [1.807, 2.05) is 4.90 Å². The Labute approximate surface area is 155 Å². The van der Waals surface area contributed by atoms with Gasteiger partial charge in [-0.1, -0.05) is 12.1 Å². The molecule has 0 N–H and O–H groups in total. The van der Waals surface area contributed by atoms with Gasteiger partial charge in [0, 0.05) is 10.1 Å². The lowest BCUT2D eigenvalue weighted by Gasteiger charge is -2.26. The number of benzene rings is 2.